The predicted octanol–water partition coefficient (Wildman–Crippen LogP) is 2.35. The van der Waals surface area contributed by atoms with Crippen LogP contribution in [0.15, 0.2) is 24.3 Å². The highest BCUT2D eigenvalue weighted by Crippen LogP contribution is 2.18. The average Bonchev–Trinajstić information content (AvgIpc) is 2.42. The van der Waals surface area contributed by atoms with Crippen LogP contribution in [0.3, 0.4) is 0 Å². The first-order chi connectivity index (χ1) is 9.78. The summed E-state index contributed by atoms with van der Waals surface area (Å²) < 4.78 is 5.27. The molecule has 21 heavy (non-hydrogen) atoms. The van der Waals surface area contributed by atoms with Crippen LogP contribution >= 0.6 is 0 Å². The Kier molecular flexibility index (Phi) is 5.30. The highest BCUT2D eigenvalue weighted by Gasteiger charge is 2.25. The van der Waals surface area contributed by atoms with Gasteiger partial charge >= 0.3 is 6.09 Å². The molecule has 1 amide bonds. The van der Waals surface area contributed by atoms with Crippen LogP contribution < -0.4 is 5.01 Å². The number of carbonyl (C=O) groups excluding carboxylic acids is 2. The van der Waals surface area contributed by atoms with Gasteiger partial charge in [0.2, 0.25) is 0 Å². The molecule has 0 atom stereocenters. The summed E-state index contributed by atoms with van der Waals surface area (Å²) in [6.07, 6.45) is -0.00589. The van der Waals surface area contributed by atoms with Gasteiger partial charge in [0.25, 0.3) is 0 Å². The monoisotopic (exact) mass is 289 g/mol. The van der Waals surface area contributed by atoms with Gasteiger partial charge in [0, 0.05) is 7.05 Å². The van der Waals surface area contributed by atoms with Gasteiger partial charge in [0.05, 0.1) is 17.3 Å². The number of amides is 1. The molecule has 0 bridgehead atoms. The number of aldehydes is 1. The Hall–Kier alpha value is -2.55. The van der Waals surface area contributed by atoms with E-state index in [1.165, 1.54) is 10.0 Å². The van der Waals surface area contributed by atoms with Gasteiger partial charge in [0.1, 0.15) is 18.4 Å². The van der Waals surface area contributed by atoms with Gasteiger partial charge in [-0.25, -0.2) is 9.80 Å². The highest BCUT2D eigenvalue weighted by molar-refractivity contribution is 5.74. The maximum atomic E-state index is 12.2. The second kappa shape index (κ2) is 6.75. The molecule has 0 N–H and O–H groups in total. The second-order valence-electron chi connectivity index (χ2n) is 5.41. The van der Waals surface area contributed by atoms with E-state index in [-0.39, 0.29) is 6.54 Å². The molecule has 1 aromatic rings. The lowest BCUT2D eigenvalue weighted by atomic mass is 10.2. The van der Waals surface area contributed by atoms with E-state index in [1.807, 2.05) is 6.07 Å². The Morgan fingerprint density at radius 2 is 2.10 bits per heavy atom. The van der Waals surface area contributed by atoms with Crippen molar-refractivity contribution in [3.63, 3.8) is 0 Å². The van der Waals surface area contributed by atoms with E-state index in [4.69, 9.17) is 10.00 Å². The van der Waals surface area contributed by atoms with Crippen molar-refractivity contribution in [2.24, 2.45) is 0 Å². The van der Waals surface area contributed by atoms with Crippen LogP contribution in [-0.4, -0.2) is 36.6 Å². The molecule has 6 nitrogen and oxygen atoms in total. The van der Waals surface area contributed by atoms with E-state index >= 15 is 0 Å². The number of rotatable bonds is 4. The van der Waals surface area contributed by atoms with Crippen LogP contribution in [0.2, 0.25) is 0 Å². The minimum atomic E-state index is -0.659. The molecule has 0 fully saturated rings. The van der Waals surface area contributed by atoms with Crippen LogP contribution in [0, 0.1) is 11.3 Å². The van der Waals surface area contributed by atoms with Crippen molar-refractivity contribution >= 4 is 18.1 Å². The summed E-state index contributed by atoms with van der Waals surface area (Å²) in [5.74, 6) is 0. The van der Waals surface area contributed by atoms with Crippen LogP contribution in [-0.2, 0) is 9.53 Å². The number of carbonyl (C=O) groups is 2. The minimum Gasteiger partial charge on any atom is -0.442 e. The van der Waals surface area contributed by atoms with Gasteiger partial charge in [0.15, 0.2) is 0 Å². The number of nitrogens with zero attached hydrogens (tertiary/aromatic N) is 3. The summed E-state index contributed by atoms with van der Waals surface area (Å²) in [6.45, 7) is 5.11. The van der Waals surface area contributed by atoms with Gasteiger partial charge < -0.3 is 9.53 Å². The van der Waals surface area contributed by atoms with Crippen molar-refractivity contribution in [3.8, 4) is 6.07 Å². The summed E-state index contributed by atoms with van der Waals surface area (Å²) in [5, 5.41) is 11.6. The largest absolute Gasteiger partial charge is 0.442 e. The van der Waals surface area contributed by atoms with Crippen molar-refractivity contribution in [3.05, 3.63) is 29.8 Å². The molecule has 0 aliphatic rings. The summed E-state index contributed by atoms with van der Waals surface area (Å²) in [4.78, 5) is 23.0. The molecule has 0 aliphatic heterocycles. The molecular weight excluding hydrogens is 270 g/mol. The zero-order chi connectivity index (χ0) is 16.0. The average molecular weight is 289 g/mol. The molecule has 0 heterocycles. The maximum Gasteiger partial charge on any atom is 0.429 e. The first kappa shape index (κ1) is 16.5. The molecule has 6 heteroatoms. The van der Waals surface area contributed by atoms with Crippen molar-refractivity contribution in [2.75, 3.05) is 18.6 Å². The van der Waals surface area contributed by atoms with Gasteiger partial charge in [-0.3, -0.25) is 5.01 Å². The number of anilines is 1. The number of ether oxygens (including phenoxy) is 1. The fourth-order valence-electron chi connectivity index (χ4n) is 1.62. The van der Waals surface area contributed by atoms with E-state index < -0.39 is 11.7 Å². The van der Waals surface area contributed by atoms with Crippen molar-refractivity contribution in [1.82, 2.24) is 5.01 Å². The summed E-state index contributed by atoms with van der Waals surface area (Å²) in [7, 11) is 1.63. The van der Waals surface area contributed by atoms with Crippen LogP contribution in [0.25, 0.3) is 0 Å². The number of benzene rings is 1. The highest BCUT2D eigenvalue weighted by atomic mass is 16.6. The van der Waals surface area contributed by atoms with E-state index in [0.29, 0.717) is 17.5 Å². The fraction of sp³-hybridized carbons (Fsp3) is 0.400. The Labute approximate surface area is 124 Å². The Morgan fingerprint density at radius 1 is 1.43 bits per heavy atom. The molecule has 0 radical (unpaired) electrons. The topological polar surface area (TPSA) is 73.6 Å². The third-order valence-electron chi connectivity index (χ3n) is 2.56. The molecule has 0 aromatic heterocycles. The van der Waals surface area contributed by atoms with Gasteiger partial charge in [-0.2, -0.15) is 5.26 Å². The van der Waals surface area contributed by atoms with Crippen molar-refractivity contribution in [2.45, 2.75) is 26.4 Å². The first-order valence-electron chi connectivity index (χ1n) is 6.46. The quantitative estimate of drug-likeness (QED) is 0.628. The predicted molar refractivity (Wildman–Crippen MR) is 78.6 cm³/mol. The van der Waals surface area contributed by atoms with Crippen molar-refractivity contribution < 1.29 is 14.3 Å². The lowest BCUT2D eigenvalue weighted by molar-refractivity contribution is -0.109. The Morgan fingerprint density at radius 3 is 2.62 bits per heavy atom. The van der Waals surface area contributed by atoms with Gasteiger partial charge in [-0.15, -0.1) is 0 Å². The summed E-state index contributed by atoms with van der Waals surface area (Å²) >= 11 is 0. The molecule has 0 spiro atoms. The van der Waals surface area contributed by atoms with Crippen LogP contribution in [0.4, 0.5) is 10.5 Å². The maximum absolute atomic E-state index is 12.2. The van der Waals surface area contributed by atoms with Crippen LogP contribution in [0.1, 0.15) is 26.3 Å². The van der Waals surface area contributed by atoms with Gasteiger partial charge in [-0.1, -0.05) is 6.07 Å². The Balaban J connectivity index is 3.01. The molecule has 1 aromatic carbocycles. The van der Waals surface area contributed by atoms with Crippen LogP contribution in [0.5, 0.6) is 0 Å². The molecular formula is C15H19N3O3. The van der Waals surface area contributed by atoms with E-state index in [1.54, 1.807) is 52.1 Å². The SMILES string of the molecule is CN(c1cccc(C#N)c1)N(CC=O)C(=O)OC(C)(C)C. The third-order valence-corrected chi connectivity index (χ3v) is 2.56. The zero-order valence-corrected chi connectivity index (χ0v) is 12.7. The standard InChI is InChI=1S/C15H19N3O3/c1-15(2,3)21-14(20)18(8-9-19)17(4)13-7-5-6-12(10-13)11-16/h5-7,9-10H,8H2,1-4H3. The van der Waals surface area contributed by atoms with Crippen molar-refractivity contribution in [1.29, 1.82) is 5.26 Å². The van der Waals surface area contributed by atoms with Gasteiger partial charge in [-0.05, 0) is 39.0 Å². The zero-order valence-electron chi connectivity index (χ0n) is 12.7. The lowest BCUT2D eigenvalue weighted by Crippen LogP contribution is -2.47. The first-order valence-corrected chi connectivity index (χ1v) is 6.46. The molecule has 0 saturated heterocycles. The normalized spacial score (nSPS) is 10.4. The molecule has 1 rings (SSSR count). The Bertz CT molecular complexity index is 558. The molecule has 0 aliphatic carbocycles. The minimum absolute atomic E-state index is 0.137. The van der Waals surface area contributed by atoms with E-state index in [9.17, 15) is 9.59 Å². The second-order valence-corrected chi connectivity index (χ2v) is 5.41. The van der Waals surface area contributed by atoms with E-state index in [2.05, 4.69) is 0 Å². The summed E-state index contributed by atoms with van der Waals surface area (Å²) in [5.41, 5.74) is 0.421. The smallest absolute Gasteiger partial charge is 0.429 e. The number of hydrogen-bond acceptors (Lipinski definition) is 5. The third kappa shape index (κ3) is 4.80. The molecule has 0 saturated carbocycles. The fourth-order valence-corrected chi connectivity index (χ4v) is 1.62. The molecule has 112 valence electrons. The summed E-state index contributed by atoms with van der Waals surface area (Å²) in [6, 6.07) is 8.76. The van der Waals surface area contributed by atoms with E-state index in [0.717, 1.165) is 0 Å². The lowest BCUT2D eigenvalue weighted by Gasteiger charge is -2.33. The molecule has 0 unspecified atom stereocenters. The number of hydrazine groups is 1. The number of hydrogen-bond donors (Lipinski definition) is 0. The number of nitriles is 1.